The van der Waals surface area contributed by atoms with Gasteiger partial charge in [0.15, 0.2) is 0 Å². The summed E-state index contributed by atoms with van der Waals surface area (Å²) < 4.78 is 23.9. The Labute approximate surface area is 360 Å². The predicted octanol–water partition coefficient (Wildman–Crippen LogP) is 4.59. The molecule has 4 aliphatic heterocycles. The SMILES string of the molecule is CC1(C)OB(c2ccc(C(=O)N3CCC(c4ccc(N)nn4)CC3)cc2)OC1(C)C.CC1(C)OB(c2ccc(C(=O)O)cc2)OC1(C)C.Nc1ccc(C2CCNCC2)nn1. The number of carboxylic acids is 1. The normalized spacial score (nSPS) is 20.6. The molecule has 17 heteroatoms. The third-order valence-corrected chi connectivity index (χ3v) is 12.7. The summed E-state index contributed by atoms with van der Waals surface area (Å²) in [6.45, 7) is 19.6. The molecule has 6 heterocycles. The van der Waals surface area contributed by atoms with Gasteiger partial charge in [0.25, 0.3) is 5.91 Å². The number of nitrogens with two attached hydrogens (primary N) is 2. The summed E-state index contributed by atoms with van der Waals surface area (Å²) in [5.41, 5.74) is 14.3. The number of carbonyl (C=O) groups is 2. The van der Waals surface area contributed by atoms with Crippen LogP contribution in [0.5, 0.6) is 0 Å². The van der Waals surface area contributed by atoms with Crippen LogP contribution in [0.4, 0.5) is 11.6 Å². The lowest BCUT2D eigenvalue weighted by Crippen LogP contribution is -2.41. The number of hydrogen-bond acceptors (Lipinski definition) is 13. The van der Waals surface area contributed by atoms with E-state index in [0.29, 0.717) is 42.1 Å². The van der Waals surface area contributed by atoms with Crippen molar-refractivity contribution < 1.29 is 33.3 Å². The minimum absolute atomic E-state index is 0.0531. The number of nitrogens with zero attached hydrogens (tertiary/aromatic N) is 5. The topological polar surface area (TPSA) is 210 Å². The zero-order valence-electron chi connectivity index (χ0n) is 36.7. The molecule has 2 aromatic heterocycles. The molecule has 0 aliphatic carbocycles. The van der Waals surface area contributed by atoms with Crippen molar-refractivity contribution in [2.45, 2.75) is 115 Å². The van der Waals surface area contributed by atoms with E-state index in [1.807, 2.05) is 103 Å². The average molecular weight is 835 g/mol. The largest absolute Gasteiger partial charge is 0.494 e. The van der Waals surface area contributed by atoms with Crippen molar-refractivity contribution in [3.05, 3.63) is 95.3 Å². The molecule has 61 heavy (non-hydrogen) atoms. The molecule has 0 unspecified atom stereocenters. The van der Waals surface area contributed by atoms with E-state index in [1.165, 1.54) is 0 Å². The highest BCUT2D eigenvalue weighted by Crippen LogP contribution is 2.37. The van der Waals surface area contributed by atoms with Crippen molar-refractivity contribution in [1.82, 2.24) is 30.6 Å². The van der Waals surface area contributed by atoms with Crippen LogP contribution in [0.1, 0.15) is 125 Å². The van der Waals surface area contributed by atoms with Gasteiger partial charge in [-0.3, -0.25) is 4.79 Å². The van der Waals surface area contributed by atoms with Crippen LogP contribution in [0.3, 0.4) is 0 Å². The molecule has 0 radical (unpaired) electrons. The van der Waals surface area contributed by atoms with E-state index < -0.39 is 20.2 Å². The number of hydrogen-bond donors (Lipinski definition) is 4. The second kappa shape index (κ2) is 18.6. The minimum Gasteiger partial charge on any atom is -0.478 e. The van der Waals surface area contributed by atoms with Gasteiger partial charge in [0.05, 0.1) is 39.4 Å². The molecule has 1 amide bonds. The van der Waals surface area contributed by atoms with Crippen LogP contribution in [-0.2, 0) is 18.6 Å². The molecule has 324 valence electrons. The number of nitrogens with one attached hydrogen (secondary N) is 1. The summed E-state index contributed by atoms with van der Waals surface area (Å²) in [4.78, 5) is 25.6. The van der Waals surface area contributed by atoms with E-state index in [9.17, 15) is 9.59 Å². The number of carboxylic acid groups (broad SMARTS) is 1. The number of benzene rings is 2. The number of carbonyl (C=O) groups excluding carboxylic acids is 1. The number of rotatable bonds is 6. The lowest BCUT2D eigenvalue weighted by Gasteiger charge is -2.32. The molecule has 4 aromatic rings. The molecule has 0 spiro atoms. The summed E-state index contributed by atoms with van der Waals surface area (Å²) in [5, 5.41) is 28.3. The molecule has 4 fully saturated rings. The molecular formula is C44H60B2N8O7. The second-order valence-corrected chi connectivity index (χ2v) is 18.1. The first-order valence-corrected chi connectivity index (χ1v) is 21.1. The molecule has 4 saturated heterocycles. The molecule has 15 nitrogen and oxygen atoms in total. The summed E-state index contributed by atoms with van der Waals surface area (Å²) >= 11 is 0. The van der Waals surface area contributed by atoms with Gasteiger partial charge in [0.2, 0.25) is 0 Å². The first kappa shape index (κ1) is 45.6. The Balaban J connectivity index is 0.000000170. The van der Waals surface area contributed by atoms with Gasteiger partial charge >= 0.3 is 20.2 Å². The first-order chi connectivity index (χ1) is 28.7. The van der Waals surface area contributed by atoms with Crippen molar-refractivity contribution in [2.24, 2.45) is 0 Å². The van der Waals surface area contributed by atoms with E-state index in [0.717, 1.165) is 61.1 Å². The van der Waals surface area contributed by atoms with Gasteiger partial charge in [0, 0.05) is 30.5 Å². The van der Waals surface area contributed by atoms with Crippen LogP contribution in [0.25, 0.3) is 0 Å². The second-order valence-electron chi connectivity index (χ2n) is 18.1. The maximum atomic E-state index is 12.9. The lowest BCUT2D eigenvalue weighted by atomic mass is 9.79. The Morgan fingerprint density at radius 1 is 0.590 bits per heavy atom. The van der Waals surface area contributed by atoms with E-state index in [-0.39, 0.29) is 33.9 Å². The van der Waals surface area contributed by atoms with Crippen molar-refractivity contribution in [2.75, 3.05) is 37.6 Å². The van der Waals surface area contributed by atoms with Crippen molar-refractivity contribution >= 4 is 48.7 Å². The van der Waals surface area contributed by atoms with Crippen molar-refractivity contribution in [1.29, 1.82) is 0 Å². The summed E-state index contributed by atoms with van der Waals surface area (Å²) in [5.74, 6) is 0.919. The predicted molar refractivity (Wildman–Crippen MR) is 237 cm³/mol. The monoisotopic (exact) mass is 834 g/mol. The highest BCUT2D eigenvalue weighted by atomic mass is 16.7. The van der Waals surface area contributed by atoms with Crippen LogP contribution in [-0.4, -0.2) is 105 Å². The number of piperidine rings is 2. The Bertz CT molecular complexity index is 2060. The third-order valence-electron chi connectivity index (χ3n) is 12.7. The van der Waals surface area contributed by atoms with Gasteiger partial charge in [-0.15, -0.1) is 10.2 Å². The van der Waals surface area contributed by atoms with Crippen LogP contribution < -0.4 is 27.7 Å². The minimum atomic E-state index is -0.935. The lowest BCUT2D eigenvalue weighted by molar-refractivity contribution is 0.00578. The van der Waals surface area contributed by atoms with Gasteiger partial charge in [-0.05, 0) is 154 Å². The first-order valence-electron chi connectivity index (χ1n) is 21.1. The zero-order valence-corrected chi connectivity index (χ0v) is 36.7. The maximum absolute atomic E-state index is 12.9. The van der Waals surface area contributed by atoms with Gasteiger partial charge in [-0.25, -0.2) is 4.79 Å². The maximum Gasteiger partial charge on any atom is 0.494 e. The molecule has 2 aromatic carbocycles. The van der Waals surface area contributed by atoms with Crippen LogP contribution in [0.15, 0.2) is 72.8 Å². The molecular weight excluding hydrogens is 774 g/mol. The number of nitrogen functional groups attached to an aromatic ring is 2. The standard InChI is InChI=1S/C22H29BN4O3.C13H17BO4.C9H14N4/c1-21(2)22(3,4)30-23(29-21)17-7-5-16(6-8-17)20(28)27-13-11-15(12-14-27)18-9-10-19(24)26-25-18;1-12(2)13(3,4)18-14(17-12)10-7-5-9(6-8-10)11(15)16;10-9-2-1-8(12-13-9)7-3-5-11-6-4-7/h5-10,15H,11-14H2,1-4H3,(H2,24,26);5-8H,1-4H3,(H,15,16);1-2,7,11H,3-6H2,(H2,10,13). The average Bonchev–Trinajstić information content (AvgIpc) is 3.61. The number of aromatic nitrogens is 4. The fourth-order valence-electron chi connectivity index (χ4n) is 7.34. The fourth-order valence-corrected chi connectivity index (χ4v) is 7.34. The molecule has 0 saturated carbocycles. The van der Waals surface area contributed by atoms with E-state index >= 15 is 0 Å². The van der Waals surface area contributed by atoms with Crippen molar-refractivity contribution in [3.8, 4) is 0 Å². The van der Waals surface area contributed by atoms with Gasteiger partial charge in [-0.2, -0.15) is 10.2 Å². The Morgan fingerprint density at radius 3 is 1.33 bits per heavy atom. The van der Waals surface area contributed by atoms with E-state index in [1.54, 1.807) is 30.3 Å². The summed E-state index contributed by atoms with van der Waals surface area (Å²) in [6.07, 6.45) is 4.05. The molecule has 8 rings (SSSR count). The number of likely N-dealkylation sites (tertiary alicyclic amines) is 1. The Kier molecular flexibility index (Phi) is 13.9. The van der Waals surface area contributed by atoms with Crippen LogP contribution in [0.2, 0.25) is 0 Å². The summed E-state index contributed by atoms with van der Waals surface area (Å²) in [6, 6.07) is 21.7. The molecule has 4 aliphatic rings. The van der Waals surface area contributed by atoms with Gasteiger partial charge in [0.1, 0.15) is 11.6 Å². The van der Waals surface area contributed by atoms with Crippen molar-refractivity contribution in [3.63, 3.8) is 0 Å². The highest BCUT2D eigenvalue weighted by molar-refractivity contribution is 6.62. The number of aromatic carboxylic acids is 1. The highest BCUT2D eigenvalue weighted by Gasteiger charge is 2.52. The van der Waals surface area contributed by atoms with Gasteiger partial charge in [-0.1, -0.05) is 24.3 Å². The Morgan fingerprint density at radius 2 is 0.967 bits per heavy atom. The van der Waals surface area contributed by atoms with E-state index in [4.69, 9.17) is 35.2 Å². The fraction of sp³-hybridized carbons (Fsp3) is 0.500. The molecule has 0 bridgehead atoms. The third kappa shape index (κ3) is 10.9. The van der Waals surface area contributed by atoms with Crippen LogP contribution >= 0.6 is 0 Å². The quantitative estimate of drug-likeness (QED) is 0.196. The molecule has 0 atom stereocenters. The van der Waals surface area contributed by atoms with Gasteiger partial charge < -0.3 is 45.4 Å². The van der Waals surface area contributed by atoms with Crippen LogP contribution in [0, 0.1) is 0 Å². The number of amides is 1. The van der Waals surface area contributed by atoms with E-state index in [2.05, 4.69) is 25.7 Å². The zero-order chi connectivity index (χ0) is 44.2. The summed E-state index contributed by atoms with van der Waals surface area (Å²) in [7, 11) is -0.867. The number of anilines is 2. The smallest absolute Gasteiger partial charge is 0.478 e. The Hall–Kier alpha value is -4.93. The molecule has 6 N–H and O–H groups in total.